The number of hydrogen-bond donors (Lipinski definition) is 1. The SMILES string of the molecule is OC1(c2ccc(Br)cc2)CCOC1. The van der Waals surface area contributed by atoms with Crippen molar-refractivity contribution in [3.63, 3.8) is 0 Å². The van der Waals surface area contributed by atoms with Gasteiger partial charge in [-0.05, 0) is 17.7 Å². The molecule has 0 amide bonds. The number of rotatable bonds is 1. The molecule has 1 aromatic rings. The summed E-state index contributed by atoms with van der Waals surface area (Å²) in [6, 6.07) is 7.73. The van der Waals surface area contributed by atoms with Crippen LogP contribution in [0.15, 0.2) is 28.7 Å². The molecule has 0 radical (unpaired) electrons. The highest BCUT2D eigenvalue weighted by molar-refractivity contribution is 9.10. The third kappa shape index (κ3) is 1.77. The van der Waals surface area contributed by atoms with Crippen LogP contribution in [0.5, 0.6) is 0 Å². The van der Waals surface area contributed by atoms with Crippen molar-refractivity contribution in [1.29, 1.82) is 0 Å². The maximum Gasteiger partial charge on any atom is 0.115 e. The Labute approximate surface area is 85.7 Å². The summed E-state index contributed by atoms with van der Waals surface area (Å²) in [5.74, 6) is 0. The molecule has 2 nitrogen and oxygen atoms in total. The Morgan fingerprint density at radius 3 is 2.54 bits per heavy atom. The van der Waals surface area contributed by atoms with Crippen molar-refractivity contribution >= 4 is 15.9 Å². The molecule has 1 fully saturated rings. The molecule has 1 heterocycles. The molecule has 0 saturated carbocycles. The van der Waals surface area contributed by atoms with E-state index in [0.717, 1.165) is 10.0 Å². The summed E-state index contributed by atoms with van der Waals surface area (Å²) in [6.07, 6.45) is 0.689. The quantitative estimate of drug-likeness (QED) is 0.818. The van der Waals surface area contributed by atoms with Crippen molar-refractivity contribution in [3.05, 3.63) is 34.3 Å². The predicted molar refractivity (Wildman–Crippen MR) is 53.5 cm³/mol. The smallest absolute Gasteiger partial charge is 0.115 e. The van der Waals surface area contributed by atoms with E-state index in [1.165, 1.54) is 0 Å². The second kappa shape index (κ2) is 3.40. The highest BCUT2D eigenvalue weighted by Gasteiger charge is 2.33. The van der Waals surface area contributed by atoms with Gasteiger partial charge in [0.1, 0.15) is 5.60 Å². The molecule has 1 aromatic carbocycles. The molecule has 1 unspecified atom stereocenters. The molecule has 2 rings (SSSR count). The summed E-state index contributed by atoms with van der Waals surface area (Å²) in [4.78, 5) is 0. The van der Waals surface area contributed by atoms with E-state index < -0.39 is 5.60 Å². The molecule has 0 spiro atoms. The first-order valence-corrected chi connectivity index (χ1v) is 5.06. The van der Waals surface area contributed by atoms with Gasteiger partial charge < -0.3 is 9.84 Å². The molecule has 0 bridgehead atoms. The Morgan fingerprint density at radius 1 is 1.31 bits per heavy atom. The van der Waals surface area contributed by atoms with Crippen molar-refractivity contribution in [2.24, 2.45) is 0 Å². The van der Waals surface area contributed by atoms with Gasteiger partial charge in [-0.1, -0.05) is 28.1 Å². The van der Waals surface area contributed by atoms with Gasteiger partial charge >= 0.3 is 0 Å². The lowest BCUT2D eigenvalue weighted by atomic mass is 9.93. The van der Waals surface area contributed by atoms with Crippen LogP contribution < -0.4 is 0 Å². The molecular formula is C10H11BrO2. The zero-order valence-electron chi connectivity index (χ0n) is 7.16. The minimum absolute atomic E-state index is 0.411. The van der Waals surface area contributed by atoms with Crippen molar-refractivity contribution in [2.75, 3.05) is 13.2 Å². The lowest BCUT2D eigenvalue weighted by molar-refractivity contribution is 0.0232. The minimum atomic E-state index is -0.763. The topological polar surface area (TPSA) is 29.5 Å². The summed E-state index contributed by atoms with van der Waals surface area (Å²) in [5.41, 5.74) is 0.175. The molecule has 1 aliphatic rings. The number of ether oxygens (including phenoxy) is 1. The van der Waals surface area contributed by atoms with Crippen molar-refractivity contribution in [2.45, 2.75) is 12.0 Å². The van der Waals surface area contributed by atoms with Crippen molar-refractivity contribution < 1.29 is 9.84 Å². The van der Waals surface area contributed by atoms with Crippen molar-refractivity contribution in [1.82, 2.24) is 0 Å². The summed E-state index contributed by atoms with van der Waals surface area (Å²) < 4.78 is 6.21. The van der Waals surface area contributed by atoms with Gasteiger partial charge in [-0.3, -0.25) is 0 Å². The maximum atomic E-state index is 10.1. The zero-order chi connectivity index (χ0) is 9.31. The number of hydrogen-bond acceptors (Lipinski definition) is 2. The predicted octanol–water partition coefficient (Wildman–Crippen LogP) is 2.06. The Hall–Kier alpha value is -0.380. The van der Waals surface area contributed by atoms with Crippen LogP contribution in [0, 0.1) is 0 Å². The summed E-state index contributed by atoms with van der Waals surface area (Å²) in [5, 5.41) is 10.1. The van der Waals surface area contributed by atoms with E-state index in [0.29, 0.717) is 19.6 Å². The largest absolute Gasteiger partial charge is 0.383 e. The normalized spacial score (nSPS) is 27.8. The average Bonchev–Trinajstić information content (AvgIpc) is 2.54. The summed E-state index contributed by atoms with van der Waals surface area (Å²) >= 11 is 3.36. The van der Waals surface area contributed by atoms with Crippen LogP contribution >= 0.6 is 15.9 Å². The standard InChI is InChI=1S/C10H11BrO2/c11-9-3-1-8(2-4-9)10(12)5-6-13-7-10/h1-4,12H,5-7H2. The minimum Gasteiger partial charge on any atom is -0.383 e. The van der Waals surface area contributed by atoms with Gasteiger partial charge in [0.2, 0.25) is 0 Å². The second-order valence-corrected chi connectivity index (χ2v) is 4.26. The Kier molecular flexibility index (Phi) is 2.41. The third-order valence-electron chi connectivity index (χ3n) is 2.38. The number of aliphatic hydroxyl groups is 1. The Bertz CT molecular complexity index is 288. The molecule has 1 N–H and O–H groups in total. The fourth-order valence-corrected chi connectivity index (χ4v) is 1.81. The molecule has 1 aliphatic heterocycles. The Morgan fingerprint density at radius 2 is 2.00 bits per heavy atom. The molecular weight excluding hydrogens is 232 g/mol. The van der Waals surface area contributed by atoms with E-state index in [1.807, 2.05) is 24.3 Å². The van der Waals surface area contributed by atoms with Crippen LogP contribution in [0.1, 0.15) is 12.0 Å². The number of benzene rings is 1. The summed E-state index contributed by atoms with van der Waals surface area (Å²) in [7, 11) is 0. The Balaban J connectivity index is 2.29. The molecule has 13 heavy (non-hydrogen) atoms. The van der Waals surface area contributed by atoms with E-state index in [-0.39, 0.29) is 0 Å². The molecule has 1 saturated heterocycles. The van der Waals surface area contributed by atoms with Crippen LogP contribution in [-0.4, -0.2) is 18.3 Å². The maximum absolute atomic E-state index is 10.1. The van der Waals surface area contributed by atoms with Crippen LogP contribution in [0.25, 0.3) is 0 Å². The zero-order valence-corrected chi connectivity index (χ0v) is 8.75. The van der Waals surface area contributed by atoms with Crippen LogP contribution in [-0.2, 0) is 10.3 Å². The highest BCUT2D eigenvalue weighted by atomic mass is 79.9. The number of halogens is 1. The molecule has 70 valence electrons. The summed E-state index contributed by atoms with van der Waals surface area (Å²) in [6.45, 7) is 1.06. The van der Waals surface area contributed by atoms with E-state index in [2.05, 4.69) is 15.9 Å². The lowest BCUT2D eigenvalue weighted by Crippen LogP contribution is -2.25. The second-order valence-electron chi connectivity index (χ2n) is 3.34. The molecule has 3 heteroatoms. The lowest BCUT2D eigenvalue weighted by Gasteiger charge is -2.20. The van der Waals surface area contributed by atoms with Gasteiger partial charge in [-0.2, -0.15) is 0 Å². The van der Waals surface area contributed by atoms with E-state index in [4.69, 9.17) is 4.74 Å². The van der Waals surface area contributed by atoms with Gasteiger partial charge in [0.15, 0.2) is 0 Å². The fourth-order valence-electron chi connectivity index (χ4n) is 1.54. The van der Waals surface area contributed by atoms with E-state index in [9.17, 15) is 5.11 Å². The van der Waals surface area contributed by atoms with Gasteiger partial charge in [-0.15, -0.1) is 0 Å². The van der Waals surface area contributed by atoms with E-state index in [1.54, 1.807) is 0 Å². The molecule has 1 atom stereocenters. The van der Waals surface area contributed by atoms with Gasteiger partial charge in [0.25, 0.3) is 0 Å². The molecule has 0 aromatic heterocycles. The third-order valence-corrected chi connectivity index (χ3v) is 2.91. The van der Waals surface area contributed by atoms with Gasteiger partial charge in [-0.25, -0.2) is 0 Å². The van der Waals surface area contributed by atoms with Gasteiger partial charge in [0, 0.05) is 17.5 Å². The average molecular weight is 243 g/mol. The monoisotopic (exact) mass is 242 g/mol. The van der Waals surface area contributed by atoms with E-state index >= 15 is 0 Å². The fraction of sp³-hybridized carbons (Fsp3) is 0.400. The van der Waals surface area contributed by atoms with Crippen LogP contribution in [0.2, 0.25) is 0 Å². The molecule has 0 aliphatic carbocycles. The first kappa shape index (κ1) is 9.19. The highest BCUT2D eigenvalue weighted by Crippen LogP contribution is 2.30. The van der Waals surface area contributed by atoms with Gasteiger partial charge in [0.05, 0.1) is 6.61 Å². The first-order valence-electron chi connectivity index (χ1n) is 4.27. The van der Waals surface area contributed by atoms with Crippen molar-refractivity contribution in [3.8, 4) is 0 Å². The first-order chi connectivity index (χ1) is 6.21. The van der Waals surface area contributed by atoms with Crippen LogP contribution in [0.4, 0.5) is 0 Å². The van der Waals surface area contributed by atoms with Crippen LogP contribution in [0.3, 0.4) is 0 Å².